The van der Waals surface area contributed by atoms with Crippen LogP contribution in [0.1, 0.15) is 13.3 Å². The van der Waals surface area contributed by atoms with Crippen molar-refractivity contribution >= 4 is 27.5 Å². The maximum Gasteiger partial charge on any atom is 0.225 e. The van der Waals surface area contributed by atoms with E-state index in [2.05, 4.69) is 5.32 Å². The molecule has 2 unspecified atom stereocenters. The minimum absolute atomic E-state index is 0.00388. The summed E-state index contributed by atoms with van der Waals surface area (Å²) >= 11 is 1.60. The highest BCUT2D eigenvalue weighted by atomic mass is 32.2. The fourth-order valence-corrected chi connectivity index (χ4v) is 5.42. The molecule has 0 saturated carbocycles. The topological polar surface area (TPSA) is 75.7 Å². The minimum Gasteiger partial charge on any atom is -0.378 e. The average molecular weight is 322 g/mol. The normalized spacial score (nSPS) is 28.4. The summed E-state index contributed by atoms with van der Waals surface area (Å²) in [6.45, 7) is 4.07. The third kappa shape index (κ3) is 3.87. The van der Waals surface area contributed by atoms with Crippen LogP contribution in [0.25, 0.3) is 0 Å². The van der Waals surface area contributed by atoms with Crippen molar-refractivity contribution in [2.75, 3.05) is 43.6 Å². The van der Waals surface area contributed by atoms with E-state index >= 15 is 0 Å². The van der Waals surface area contributed by atoms with Crippen LogP contribution in [-0.2, 0) is 19.4 Å². The summed E-state index contributed by atoms with van der Waals surface area (Å²) in [7, 11) is -3.22. The molecule has 2 rings (SSSR count). The van der Waals surface area contributed by atoms with Gasteiger partial charge in [-0.1, -0.05) is 6.92 Å². The van der Waals surface area contributed by atoms with E-state index in [1.165, 1.54) is 0 Å². The molecule has 0 aromatic heterocycles. The van der Waals surface area contributed by atoms with Crippen LogP contribution < -0.4 is 5.32 Å². The van der Waals surface area contributed by atoms with Crippen LogP contribution >= 0.6 is 11.8 Å². The second-order valence-electron chi connectivity index (χ2n) is 5.00. The predicted octanol–water partition coefficient (Wildman–Crippen LogP) is -0.299. The summed E-state index contributed by atoms with van der Waals surface area (Å²) in [4.78, 5) is 13.9. The van der Waals surface area contributed by atoms with E-state index in [1.54, 1.807) is 23.6 Å². The van der Waals surface area contributed by atoms with Gasteiger partial charge in [-0.3, -0.25) is 4.79 Å². The molecule has 6 nitrogen and oxygen atoms in total. The summed E-state index contributed by atoms with van der Waals surface area (Å²) in [5.41, 5.74) is 0. The lowest BCUT2D eigenvalue weighted by molar-refractivity contribution is -0.132. The van der Waals surface area contributed by atoms with Crippen molar-refractivity contribution in [1.82, 2.24) is 10.2 Å². The number of carbonyl (C=O) groups excluding carboxylic acids is 1. The molecule has 0 bridgehead atoms. The Balaban J connectivity index is 2.01. The van der Waals surface area contributed by atoms with Crippen molar-refractivity contribution in [2.45, 2.75) is 24.8 Å². The summed E-state index contributed by atoms with van der Waals surface area (Å²) in [6.07, 6.45) is 0.306. The number of rotatable bonds is 4. The van der Waals surface area contributed by atoms with Crippen LogP contribution in [0.5, 0.6) is 0 Å². The smallest absolute Gasteiger partial charge is 0.225 e. The van der Waals surface area contributed by atoms with E-state index < -0.39 is 15.2 Å². The molecule has 20 heavy (non-hydrogen) atoms. The Morgan fingerprint density at radius 2 is 2.30 bits per heavy atom. The van der Waals surface area contributed by atoms with Crippen molar-refractivity contribution in [3.05, 3.63) is 0 Å². The highest BCUT2D eigenvalue weighted by Crippen LogP contribution is 2.22. The van der Waals surface area contributed by atoms with Gasteiger partial charge in [0.05, 0.1) is 13.2 Å². The number of ether oxygens (including phenoxy) is 1. The largest absolute Gasteiger partial charge is 0.378 e. The molecular formula is C12H22N2O4S2. The molecule has 1 N–H and O–H groups in total. The molecule has 2 fully saturated rings. The second kappa shape index (κ2) is 7.11. The van der Waals surface area contributed by atoms with Gasteiger partial charge < -0.3 is 15.0 Å². The fraction of sp³-hybridized carbons (Fsp3) is 0.917. The third-order valence-corrected chi connectivity index (χ3v) is 6.93. The zero-order valence-electron chi connectivity index (χ0n) is 11.7. The monoisotopic (exact) mass is 322 g/mol. The molecule has 2 aliphatic heterocycles. The first-order valence-corrected chi connectivity index (χ1v) is 9.81. The van der Waals surface area contributed by atoms with Gasteiger partial charge in [-0.05, 0) is 0 Å². The molecule has 0 radical (unpaired) electrons. The first kappa shape index (κ1) is 16.1. The molecule has 116 valence electrons. The van der Waals surface area contributed by atoms with Crippen LogP contribution in [0, 0.1) is 0 Å². The van der Waals surface area contributed by atoms with Crippen molar-refractivity contribution in [3.8, 4) is 0 Å². The number of sulfone groups is 1. The molecule has 8 heteroatoms. The van der Waals surface area contributed by atoms with E-state index in [0.29, 0.717) is 31.9 Å². The maximum absolute atomic E-state index is 12.4. The van der Waals surface area contributed by atoms with Gasteiger partial charge in [-0.2, -0.15) is 11.8 Å². The lowest BCUT2D eigenvalue weighted by Crippen LogP contribution is -2.53. The second-order valence-corrected chi connectivity index (χ2v) is 8.60. The van der Waals surface area contributed by atoms with Crippen molar-refractivity contribution < 1.29 is 17.9 Å². The Bertz CT molecular complexity index is 435. The Morgan fingerprint density at radius 1 is 1.50 bits per heavy atom. The number of hydrogen-bond acceptors (Lipinski definition) is 6. The average Bonchev–Trinajstić information content (AvgIpc) is 2.48. The molecule has 0 spiro atoms. The Labute approximate surface area is 124 Å². The summed E-state index contributed by atoms with van der Waals surface area (Å²) < 4.78 is 29.6. The van der Waals surface area contributed by atoms with Crippen molar-refractivity contribution in [1.29, 1.82) is 0 Å². The van der Waals surface area contributed by atoms with Crippen LogP contribution in [-0.4, -0.2) is 74.2 Å². The highest BCUT2D eigenvalue weighted by molar-refractivity contribution is 8.01. The van der Waals surface area contributed by atoms with Gasteiger partial charge in [-0.15, -0.1) is 0 Å². The molecule has 2 heterocycles. The van der Waals surface area contributed by atoms with E-state index in [4.69, 9.17) is 4.74 Å². The molecule has 2 saturated heterocycles. The number of nitrogens with one attached hydrogen (secondary N) is 1. The van der Waals surface area contributed by atoms with Crippen LogP contribution in [0.4, 0.5) is 0 Å². The first-order valence-electron chi connectivity index (χ1n) is 6.94. The summed E-state index contributed by atoms with van der Waals surface area (Å²) in [5.74, 6) is 1.27. The lowest BCUT2D eigenvalue weighted by atomic mass is 10.2. The highest BCUT2D eigenvalue weighted by Gasteiger charge is 2.36. The number of amides is 1. The van der Waals surface area contributed by atoms with Crippen LogP contribution in [0.2, 0.25) is 0 Å². The standard InChI is InChI=1S/C12H22N2O4S2/c1-2-20(16,17)12-9-19-6-4-14(12)11(15)7-10-8-18-5-3-13-10/h10,12-13H,2-9H2,1H3. The first-order chi connectivity index (χ1) is 9.54. The predicted molar refractivity (Wildman–Crippen MR) is 79.5 cm³/mol. The van der Waals surface area contributed by atoms with Crippen molar-refractivity contribution in [2.24, 2.45) is 0 Å². The number of hydrogen-bond donors (Lipinski definition) is 1. The summed E-state index contributed by atoms with van der Waals surface area (Å²) in [5, 5.41) is 2.57. The van der Waals surface area contributed by atoms with Crippen LogP contribution in [0.3, 0.4) is 0 Å². The Kier molecular flexibility index (Phi) is 5.71. The molecular weight excluding hydrogens is 300 g/mol. The van der Waals surface area contributed by atoms with Crippen LogP contribution in [0.15, 0.2) is 0 Å². The Morgan fingerprint density at radius 3 is 2.95 bits per heavy atom. The number of morpholine rings is 1. The molecule has 1 amide bonds. The van der Waals surface area contributed by atoms with Gasteiger partial charge in [0.25, 0.3) is 0 Å². The van der Waals surface area contributed by atoms with Gasteiger partial charge in [0, 0.05) is 42.8 Å². The fourth-order valence-electron chi connectivity index (χ4n) is 2.44. The van der Waals surface area contributed by atoms with E-state index in [0.717, 1.165) is 12.3 Å². The van der Waals surface area contributed by atoms with E-state index in [9.17, 15) is 13.2 Å². The van der Waals surface area contributed by atoms with Gasteiger partial charge in [0.15, 0.2) is 9.84 Å². The molecule has 0 aromatic carbocycles. The molecule has 0 aliphatic carbocycles. The Hall–Kier alpha value is -0.310. The number of nitrogens with zero attached hydrogens (tertiary/aromatic N) is 1. The third-order valence-electron chi connectivity index (χ3n) is 3.64. The summed E-state index contributed by atoms with van der Waals surface area (Å²) in [6, 6.07) is -0.00388. The number of carbonyl (C=O) groups is 1. The lowest BCUT2D eigenvalue weighted by Gasteiger charge is -2.36. The number of thioether (sulfide) groups is 1. The molecule has 2 atom stereocenters. The van der Waals surface area contributed by atoms with Gasteiger partial charge in [0.2, 0.25) is 5.91 Å². The van der Waals surface area contributed by atoms with E-state index in [-0.39, 0.29) is 17.7 Å². The molecule has 0 aromatic rings. The van der Waals surface area contributed by atoms with Gasteiger partial charge >= 0.3 is 0 Å². The minimum atomic E-state index is -3.22. The van der Waals surface area contributed by atoms with Gasteiger partial charge in [0.1, 0.15) is 5.37 Å². The SMILES string of the molecule is CCS(=O)(=O)C1CSCCN1C(=O)CC1COCCN1. The van der Waals surface area contributed by atoms with Crippen molar-refractivity contribution in [3.63, 3.8) is 0 Å². The zero-order valence-corrected chi connectivity index (χ0v) is 13.3. The maximum atomic E-state index is 12.4. The van der Waals surface area contributed by atoms with Gasteiger partial charge in [-0.25, -0.2) is 8.42 Å². The zero-order chi connectivity index (χ0) is 14.6. The molecule has 2 aliphatic rings. The van der Waals surface area contributed by atoms with E-state index in [1.807, 2.05) is 0 Å². The quantitative estimate of drug-likeness (QED) is 0.766.